The van der Waals surface area contributed by atoms with Crippen molar-refractivity contribution >= 4 is 17.3 Å². The summed E-state index contributed by atoms with van der Waals surface area (Å²) in [5, 5.41) is 9.99. The van der Waals surface area contributed by atoms with E-state index in [1.165, 1.54) is 0 Å². The largest absolute Gasteiger partial charge is 0.392 e. The Bertz CT molecular complexity index is 328. The average molecular weight is 229 g/mol. The van der Waals surface area contributed by atoms with E-state index < -0.39 is 0 Å². The molecule has 0 bridgehead atoms. The van der Waals surface area contributed by atoms with Crippen molar-refractivity contribution in [2.75, 3.05) is 18.5 Å². The lowest BCUT2D eigenvalue weighted by Gasteiger charge is -2.23. The van der Waals surface area contributed by atoms with E-state index in [-0.39, 0.29) is 6.10 Å². The molecule has 0 fully saturated rings. The number of aliphatic hydroxyl groups is 1. The van der Waals surface area contributed by atoms with Crippen LogP contribution in [0.25, 0.3) is 0 Å². The quantitative estimate of drug-likeness (QED) is 0.824. The predicted octanol–water partition coefficient (Wildman–Crippen LogP) is 1.62. The second-order valence-electron chi connectivity index (χ2n) is 3.71. The molecule has 0 saturated heterocycles. The van der Waals surface area contributed by atoms with Crippen LogP contribution < -0.4 is 10.6 Å². The molecule has 3 nitrogen and oxygen atoms in total. The molecule has 0 aromatic heterocycles. The maximum Gasteiger partial charge on any atom is 0.0686 e. The summed E-state index contributed by atoms with van der Waals surface area (Å²) in [6.07, 6.45) is -0.375. The molecule has 1 aromatic carbocycles. The SMILES string of the molecule is CC(O)CN(C)c1cc(Cl)ccc1CN. The molecule has 4 heteroatoms. The van der Waals surface area contributed by atoms with Crippen molar-refractivity contribution in [3.8, 4) is 0 Å². The molecule has 15 heavy (non-hydrogen) atoms. The van der Waals surface area contributed by atoms with Crippen molar-refractivity contribution in [3.63, 3.8) is 0 Å². The van der Waals surface area contributed by atoms with Crippen LogP contribution in [0.5, 0.6) is 0 Å². The topological polar surface area (TPSA) is 49.5 Å². The van der Waals surface area contributed by atoms with Crippen molar-refractivity contribution in [2.45, 2.75) is 19.6 Å². The molecule has 0 aliphatic carbocycles. The third kappa shape index (κ3) is 3.38. The first-order chi connectivity index (χ1) is 7.04. The van der Waals surface area contributed by atoms with Crippen LogP contribution >= 0.6 is 11.6 Å². The molecular weight excluding hydrogens is 212 g/mol. The molecule has 1 rings (SSSR count). The third-order valence-corrected chi connectivity index (χ3v) is 2.45. The number of nitrogens with zero attached hydrogens (tertiary/aromatic N) is 1. The monoisotopic (exact) mass is 228 g/mol. The Balaban J connectivity index is 2.94. The van der Waals surface area contributed by atoms with Crippen LogP contribution in [0, 0.1) is 0 Å². The van der Waals surface area contributed by atoms with Gasteiger partial charge in [0.05, 0.1) is 6.10 Å². The molecule has 3 N–H and O–H groups in total. The highest BCUT2D eigenvalue weighted by Crippen LogP contribution is 2.23. The lowest BCUT2D eigenvalue weighted by molar-refractivity contribution is 0.201. The first-order valence-electron chi connectivity index (χ1n) is 4.92. The minimum Gasteiger partial charge on any atom is -0.392 e. The Morgan fingerprint density at radius 3 is 2.73 bits per heavy atom. The second-order valence-corrected chi connectivity index (χ2v) is 4.14. The summed E-state index contributed by atoms with van der Waals surface area (Å²) in [5.41, 5.74) is 7.64. The zero-order chi connectivity index (χ0) is 11.4. The normalized spacial score (nSPS) is 12.6. The molecule has 0 heterocycles. The molecule has 0 amide bonds. The van der Waals surface area contributed by atoms with Gasteiger partial charge in [-0.05, 0) is 24.6 Å². The van der Waals surface area contributed by atoms with E-state index in [1.807, 2.05) is 30.1 Å². The minimum absolute atomic E-state index is 0.375. The lowest BCUT2D eigenvalue weighted by Crippen LogP contribution is -2.28. The van der Waals surface area contributed by atoms with Gasteiger partial charge in [0.15, 0.2) is 0 Å². The molecule has 1 atom stereocenters. The number of halogens is 1. The Labute approximate surface area is 95.5 Å². The number of likely N-dealkylation sites (N-methyl/N-ethyl adjacent to an activating group) is 1. The van der Waals surface area contributed by atoms with Crippen LogP contribution in [-0.2, 0) is 6.54 Å². The van der Waals surface area contributed by atoms with Crippen molar-refractivity contribution in [1.82, 2.24) is 0 Å². The molecule has 1 aromatic rings. The van der Waals surface area contributed by atoms with Gasteiger partial charge in [-0.1, -0.05) is 17.7 Å². The van der Waals surface area contributed by atoms with Crippen molar-refractivity contribution in [2.24, 2.45) is 5.73 Å². The maximum atomic E-state index is 9.31. The molecule has 0 saturated carbocycles. The van der Waals surface area contributed by atoms with E-state index in [1.54, 1.807) is 6.92 Å². The van der Waals surface area contributed by atoms with Gasteiger partial charge >= 0.3 is 0 Å². The van der Waals surface area contributed by atoms with Gasteiger partial charge in [-0.25, -0.2) is 0 Å². The van der Waals surface area contributed by atoms with Crippen molar-refractivity contribution in [1.29, 1.82) is 0 Å². The summed E-state index contributed by atoms with van der Waals surface area (Å²) in [6.45, 7) is 2.78. The first-order valence-corrected chi connectivity index (χ1v) is 5.30. The van der Waals surface area contributed by atoms with Crippen molar-refractivity contribution in [3.05, 3.63) is 28.8 Å². The Morgan fingerprint density at radius 2 is 2.20 bits per heavy atom. The van der Waals surface area contributed by atoms with E-state index in [0.29, 0.717) is 18.1 Å². The summed E-state index contributed by atoms with van der Waals surface area (Å²) in [6, 6.07) is 5.60. The molecule has 1 unspecified atom stereocenters. The fourth-order valence-corrected chi connectivity index (χ4v) is 1.73. The second kappa shape index (κ2) is 5.35. The van der Waals surface area contributed by atoms with Crippen LogP contribution in [0.15, 0.2) is 18.2 Å². The fourth-order valence-electron chi connectivity index (χ4n) is 1.56. The van der Waals surface area contributed by atoms with E-state index in [0.717, 1.165) is 11.3 Å². The zero-order valence-corrected chi connectivity index (χ0v) is 9.83. The number of anilines is 1. The number of aliphatic hydroxyl groups excluding tert-OH is 1. The standard InChI is InChI=1S/C11H17ClN2O/c1-8(15)7-14(2)11-5-10(12)4-3-9(11)6-13/h3-5,8,15H,6-7,13H2,1-2H3. The summed E-state index contributed by atoms with van der Waals surface area (Å²) in [5.74, 6) is 0. The molecule has 0 aliphatic rings. The smallest absolute Gasteiger partial charge is 0.0686 e. The van der Waals surface area contributed by atoms with E-state index in [2.05, 4.69) is 0 Å². The van der Waals surface area contributed by atoms with Crippen LogP contribution in [0.4, 0.5) is 5.69 Å². The molecule has 84 valence electrons. The van der Waals surface area contributed by atoms with E-state index >= 15 is 0 Å². The average Bonchev–Trinajstić information content (AvgIpc) is 2.16. The zero-order valence-electron chi connectivity index (χ0n) is 9.07. The minimum atomic E-state index is -0.375. The highest BCUT2D eigenvalue weighted by atomic mass is 35.5. The summed E-state index contributed by atoms with van der Waals surface area (Å²) >= 11 is 5.92. The maximum absolute atomic E-state index is 9.31. The molecule has 0 aliphatic heterocycles. The molecular formula is C11H17ClN2O. The number of nitrogens with two attached hydrogens (primary N) is 1. The summed E-state index contributed by atoms with van der Waals surface area (Å²) in [7, 11) is 1.91. The van der Waals surface area contributed by atoms with Gasteiger partial charge in [-0.2, -0.15) is 0 Å². The number of benzene rings is 1. The summed E-state index contributed by atoms with van der Waals surface area (Å²) in [4.78, 5) is 1.96. The van der Waals surface area contributed by atoms with Gasteiger partial charge in [0, 0.05) is 30.8 Å². The van der Waals surface area contributed by atoms with Gasteiger partial charge in [0.2, 0.25) is 0 Å². The van der Waals surface area contributed by atoms with Crippen molar-refractivity contribution < 1.29 is 5.11 Å². The van der Waals surface area contributed by atoms with E-state index in [9.17, 15) is 5.11 Å². The van der Waals surface area contributed by atoms with Gasteiger partial charge in [0.25, 0.3) is 0 Å². The van der Waals surface area contributed by atoms with Gasteiger partial charge < -0.3 is 15.7 Å². The fraction of sp³-hybridized carbons (Fsp3) is 0.455. The van der Waals surface area contributed by atoms with Gasteiger partial charge in [-0.15, -0.1) is 0 Å². The highest BCUT2D eigenvalue weighted by molar-refractivity contribution is 6.30. The third-order valence-electron chi connectivity index (χ3n) is 2.22. The Kier molecular flexibility index (Phi) is 4.39. The number of rotatable bonds is 4. The number of hydrogen-bond donors (Lipinski definition) is 2. The lowest BCUT2D eigenvalue weighted by atomic mass is 10.1. The van der Waals surface area contributed by atoms with Crippen LogP contribution in [-0.4, -0.2) is 24.8 Å². The molecule has 0 spiro atoms. The van der Waals surface area contributed by atoms with Crippen LogP contribution in [0.1, 0.15) is 12.5 Å². The van der Waals surface area contributed by atoms with Gasteiger partial charge in [-0.3, -0.25) is 0 Å². The van der Waals surface area contributed by atoms with Crippen LogP contribution in [0.3, 0.4) is 0 Å². The Hall–Kier alpha value is -0.770. The van der Waals surface area contributed by atoms with E-state index in [4.69, 9.17) is 17.3 Å². The summed E-state index contributed by atoms with van der Waals surface area (Å²) < 4.78 is 0. The predicted molar refractivity (Wildman–Crippen MR) is 64.3 cm³/mol. The number of hydrogen-bond acceptors (Lipinski definition) is 3. The van der Waals surface area contributed by atoms with Crippen LogP contribution in [0.2, 0.25) is 5.02 Å². The Morgan fingerprint density at radius 1 is 1.53 bits per heavy atom. The first kappa shape index (κ1) is 12.3. The van der Waals surface area contributed by atoms with Gasteiger partial charge in [0.1, 0.15) is 0 Å². The molecule has 0 radical (unpaired) electrons. The highest BCUT2D eigenvalue weighted by Gasteiger charge is 2.09.